The minimum Gasteiger partial charge on any atom is -0.393 e. The molecule has 0 aromatic carbocycles. The van der Waals surface area contributed by atoms with Gasteiger partial charge in [0.25, 0.3) is 0 Å². The first-order valence-corrected chi connectivity index (χ1v) is 6.17. The van der Waals surface area contributed by atoms with Crippen LogP contribution in [0, 0.1) is 0 Å². The van der Waals surface area contributed by atoms with Crippen LogP contribution in [-0.4, -0.2) is 62.2 Å². The molecule has 4 nitrogen and oxygen atoms in total. The average molecular weight is 231 g/mol. The molecule has 4 heteroatoms. The Morgan fingerprint density at radius 1 is 1.25 bits per heavy atom. The van der Waals surface area contributed by atoms with Gasteiger partial charge in [-0.1, -0.05) is 6.92 Å². The third kappa shape index (κ3) is 4.01. The first-order valence-electron chi connectivity index (χ1n) is 6.17. The van der Waals surface area contributed by atoms with Gasteiger partial charge in [0, 0.05) is 27.3 Å². The maximum atomic E-state index is 9.46. The second kappa shape index (κ2) is 7.22. The second-order valence-electron chi connectivity index (χ2n) is 4.51. The third-order valence-corrected chi connectivity index (χ3v) is 3.38. The van der Waals surface area contributed by atoms with E-state index in [9.17, 15) is 5.11 Å². The van der Waals surface area contributed by atoms with Crippen LogP contribution in [0.4, 0.5) is 0 Å². The summed E-state index contributed by atoms with van der Waals surface area (Å²) in [6.45, 7) is 4.92. The third-order valence-electron chi connectivity index (χ3n) is 3.38. The molecule has 0 aliphatic carbocycles. The summed E-state index contributed by atoms with van der Waals surface area (Å²) in [7, 11) is 3.47. The summed E-state index contributed by atoms with van der Waals surface area (Å²) in [5.41, 5.74) is 0. The van der Waals surface area contributed by atoms with Gasteiger partial charge in [0.2, 0.25) is 0 Å². The number of likely N-dealkylation sites (tertiary alicyclic amines) is 1. The van der Waals surface area contributed by atoms with Gasteiger partial charge in [-0.2, -0.15) is 0 Å². The van der Waals surface area contributed by atoms with Crippen molar-refractivity contribution in [3.63, 3.8) is 0 Å². The van der Waals surface area contributed by atoms with Gasteiger partial charge < -0.3 is 14.6 Å². The molecule has 16 heavy (non-hydrogen) atoms. The lowest BCUT2D eigenvalue weighted by molar-refractivity contribution is -0.00461. The van der Waals surface area contributed by atoms with E-state index in [1.165, 1.54) is 0 Å². The van der Waals surface area contributed by atoms with E-state index in [2.05, 4.69) is 4.90 Å². The zero-order valence-electron chi connectivity index (χ0n) is 10.7. The maximum Gasteiger partial charge on any atom is 0.0971 e. The van der Waals surface area contributed by atoms with Gasteiger partial charge in [0.15, 0.2) is 0 Å². The lowest BCUT2D eigenvalue weighted by atomic mass is 10.1. The fraction of sp³-hybridized carbons (Fsp3) is 1.00. The van der Waals surface area contributed by atoms with E-state index in [0.717, 1.165) is 38.9 Å². The highest BCUT2D eigenvalue weighted by atomic mass is 16.5. The molecule has 0 saturated carbocycles. The van der Waals surface area contributed by atoms with E-state index in [1.807, 2.05) is 6.92 Å². The topological polar surface area (TPSA) is 41.9 Å². The highest BCUT2D eigenvalue weighted by molar-refractivity contribution is 4.85. The van der Waals surface area contributed by atoms with Crippen molar-refractivity contribution in [2.45, 2.75) is 44.5 Å². The molecule has 1 aliphatic heterocycles. The van der Waals surface area contributed by atoms with Gasteiger partial charge in [-0.15, -0.1) is 0 Å². The Balaban J connectivity index is 2.19. The predicted molar refractivity (Wildman–Crippen MR) is 63.6 cm³/mol. The van der Waals surface area contributed by atoms with E-state index in [0.29, 0.717) is 0 Å². The van der Waals surface area contributed by atoms with Crippen LogP contribution >= 0.6 is 0 Å². The summed E-state index contributed by atoms with van der Waals surface area (Å²) in [5.74, 6) is 0. The van der Waals surface area contributed by atoms with Gasteiger partial charge >= 0.3 is 0 Å². The molecular formula is C12H25NO3. The van der Waals surface area contributed by atoms with Crippen LogP contribution in [-0.2, 0) is 9.47 Å². The molecule has 0 bridgehead atoms. The monoisotopic (exact) mass is 231 g/mol. The van der Waals surface area contributed by atoms with Crippen LogP contribution < -0.4 is 0 Å². The molecule has 3 unspecified atom stereocenters. The number of aliphatic hydroxyl groups is 1. The Labute approximate surface area is 98.5 Å². The molecule has 0 radical (unpaired) electrons. The van der Waals surface area contributed by atoms with Crippen molar-refractivity contribution in [1.82, 2.24) is 4.90 Å². The van der Waals surface area contributed by atoms with E-state index in [1.54, 1.807) is 14.2 Å². The van der Waals surface area contributed by atoms with Gasteiger partial charge in [-0.3, -0.25) is 4.90 Å². The van der Waals surface area contributed by atoms with Crippen molar-refractivity contribution in [3.8, 4) is 0 Å². The predicted octanol–water partition coefficient (Wildman–Crippen LogP) is 0.883. The van der Waals surface area contributed by atoms with E-state index in [-0.39, 0.29) is 18.3 Å². The van der Waals surface area contributed by atoms with Crippen LogP contribution in [0.3, 0.4) is 0 Å². The van der Waals surface area contributed by atoms with Crippen molar-refractivity contribution in [3.05, 3.63) is 0 Å². The highest BCUT2D eigenvalue weighted by Crippen LogP contribution is 2.16. The number of rotatable bonds is 7. The number of aliphatic hydroxyl groups excluding tert-OH is 1. The van der Waals surface area contributed by atoms with Gasteiger partial charge in [0.1, 0.15) is 0 Å². The van der Waals surface area contributed by atoms with Crippen LogP contribution in [0.25, 0.3) is 0 Å². The molecule has 96 valence electrons. The Morgan fingerprint density at radius 3 is 2.25 bits per heavy atom. The molecule has 1 saturated heterocycles. The molecule has 1 rings (SSSR count). The Kier molecular flexibility index (Phi) is 6.28. The lowest BCUT2D eigenvalue weighted by Crippen LogP contribution is -2.27. The number of hydrogen-bond donors (Lipinski definition) is 1. The Hall–Kier alpha value is -0.160. The van der Waals surface area contributed by atoms with Crippen molar-refractivity contribution in [2.24, 2.45) is 0 Å². The van der Waals surface area contributed by atoms with E-state index < -0.39 is 0 Å². The normalized spacial score (nSPS) is 28.5. The van der Waals surface area contributed by atoms with E-state index >= 15 is 0 Å². The van der Waals surface area contributed by atoms with Gasteiger partial charge in [0.05, 0.1) is 18.3 Å². The zero-order chi connectivity index (χ0) is 12.0. The standard InChI is InChI=1S/C12H25NO3/c1-4-10(14)6-5-7-13-8-11(15-2)12(9-13)16-3/h10-12,14H,4-9H2,1-3H3. The van der Waals surface area contributed by atoms with Gasteiger partial charge in [-0.25, -0.2) is 0 Å². The minimum atomic E-state index is -0.140. The zero-order valence-corrected chi connectivity index (χ0v) is 10.7. The van der Waals surface area contributed by atoms with Crippen LogP contribution in [0.1, 0.15) is 26.2 Å². The van der Waals surface area contributed by atoms with Crippen LogP contribution in [0.5, 0.6) is 0 Å². The molecular weight excluding hydrogens is 206 g/mol. The molecule has 1 N–H and O–H groups in total. The van der Waals surface area contributed by atoms with Crippen LogP contribution in [0.2, 0.25) is 0 Å². The minimum absolute atomic E-state index is 0.140. The molecule has 0 aromatic rings. The molecule has 1 aliphatic rings. The fourth-order valence-corrected chi connectivity index (χ4v) is 2.21. The molecule has 1 fully saturated rings. The Bertz CT molecular complexity index is 177. The summed E-state index contributed by atoms with van der Waals surface area (Å²) in [4.78, 5) is 2.35. The summed E-state index contributed by atoms with van der Waals surface area (Å²) in [6.07, 6.45) is 3.03. The van der Waals surface area contributed by atoms with Crippen molar-refractivity contribution >= 4 is 0 Å². The smallest absolute Gasteiger partial charge is 0.0971 e. The SMILES string of the molecule is CCC(O)CCCN1CC(OC)C(OC)C1. The summed E-state index contributed by atoms with van der Waals surface area (Å²) >= 11 is 0. The number of methoxy groups -OCH3 is 2. The van der Waals surface area contributed by atoms with E-state index in [4.69, 9.17) is 9.47 Å². The maximum absolute atomic E-state index is 9.46. The van der Waals surface area contributed by atoms with Crippen molar-refractivity contribution in [2.75, 3.05) is 33.9 Å². The molecule has 3 atom stereocenters. The fourth-order valence-electron chi connectivity index (χ4n) is 2.21. The van der Waals surface area contributed by atoms with Crippen molar-refractivity contribution < 1.29 is 14.6 Å². The van der Waals surface area contributed by atoms with Crippen molar-refractivity contribution in [1.29, 1.82) is 0 Å². The largest absolute Gasteiger partial charge is 0.393 e. The number of ether oxygens (including phenoxy) is 2. The summed E-state index contributed by atoms with van der Waals surface area (Å²) in [6, 6.07) is 0. The number of nitrogens with zero attached hydrogens (tertiary/aromatic N) is 1. The number of hydrogen-bond acceptors (Lipinski definition) is 4. The molecule has 0 spiro atoms. The first-order chi connectivity index (χ1) is 7.71. The second-order valence-corrected chi connectivity index (χ2v) is 4.51. The first kappa shape index (κ1) is 13.9. The Morgan fingerprint density at radius 2 is 1.81 bits per heavy atom. The van der Waals surface area contributed by atoms with Crippen LogP contribution in [0.15, 0.2) is 0 Å². The summed E-state index contributed by atoms with van der Waals surface area (Å²) in [5, 5.41) is 9.46. The average Bonchev–Trinajstić information content (AvgIpc) is 2.71. The quantitative estimate of drug-likeness (QED) is 0.706. The highest BCUT2D eigenvalue weighted by Gasteiger charge is 2.32. The molecule has 1 heterocycles. The lowest BCUT2D eigenvalue weighted by Gasteiger charge is -2.15. The van der Waals surface area contributed by atoms with Gasteiger partial charge in [-0.05, 0) is 25.8 Å². The molecule has 0 aromatic heterocycles. The summed E-state index contributed by atoms with van der Waals surface area (Å²) < 4.78 is 10.8. The molecule has 0 amide bonds.